The van der Waals surface area contributed by atoms with E-state index in [4.69, 9.17) is 11.6 Å². The summed E-state index contributed by atoms with van der Waals surface area (Å²) in [6.45, 7) is 6.32. The van der Waals surface area contributed by atoms with Crippen LogP contribution in [0.25, 0.3) is 0 Å². The Hall–Kier alpha value is -1.80. The topological polar surface area (TPSA) is 29.1 Å². The van der Waals surface area contributed by atoms with Crippen molar-refractivity contribution in [2.24, 2.45) is 5.92 Å². The van der Waals surface area contributed by atoms with Crippen LogP contribution in [0.4, 0.5) is 5.69 Å². The highest BCUT2D eigenvalue weighted by molar-refractivity contribution is 6.30. The maximum absolute atomic E-state index is 12.3. The molecule has 0 aromatic heterocycles. The predicted octanol–water partition coefficient (Wildman–Crippen LogP) is 5.28. The second kappa shape index (κ2) is 7.46. The van der Waals surface area contributed by atoms with Crippen molar-refractivity contribution in [2.45, 2.75) is 33.1 Å². The van der Waals surface area contributed by atoms with Gasteiger partial charge in [0.05, 0.1) is 5.92 Å². The third-order valence-corrected chi connectivity index (χ3v) is 3.84. The van der Waals surface area contributed by atoms with Crippen LogP contribution in [-0.4, -0.2) is 5.91 Å². The van der Waals surface area contributed by atoms with Gasteiger partial charge in [-0.2, -0.15) is 0 Å². The molecule has 0 aliphatic rings. The summed E-state index contributed by atoms with van der Waals surface area (Å²) in [5.41, 5.74) is 3.05. The van der Waals surface area contributed by atoms with E-state index in [1.54, 1.807) is 12.1 Å². The molecule has 0 heterocycles. The van der Waals surface area contributed by atoms with Crippen molar-refractivity contribution in [3.05, 3.63) is 64.7 Å². The summed E-state index contributed by atoms with van der Waals surface area (Å²) in [4.78, 5) is 12.3. The highest BCUT2D eigenvalue weighted by Gasteiger charge is 2.15. The quantitative estimate of drug-likeness (QED) is 0.799. The molecule has 2 aromatic carbocycles. The van der Waals surface area contributed by atoms with E-state index in [1.807, 2.05) is 31.2 Å². The molecule has 0 aliphatic heterocycles. The Morgan fingerprint density at radius 1 is 1.09 bits per heavy atom. The van der Waals surface area contributed by atoms with Crippen LogP contribution in [-0.2, 0) is 11.2 Å². The Bertz CT molecular complexity index is 634. The van der Waals surface area contributed by atoms with Gasteiger partial charge < -0.3 is 5.32 Å². The van der Waals surface area contributed by atoms with Crippen molar-refractivity contribution in [1.82, 2.24) is 0 Å². The third-order valence-electron chi connectivity index (χ3n) is 3.61. The maximum Gasteiger partial charge on any atom is 0.231 e. The second-order valence-corrected chi connectivity index (χ2v) is 6.50. The standard InChI is InChI=1S/C19H22ClNO/c1-13(2)11-15-7-9-16(10-8-15)14(3)19(22)21-18-6-4-5-17(20)12-18/h4-10,12-14H,11H2,1-3H3,(H,21,22). The molecule has 0 aliphatic carbocycles. The largest absolute Gasteiger partial charge is 0.326 e. The van der Waals surface area contributed by atoms with Crippen LogP contribution < -0.4 is 5.32 Å². The lowest BCUT2D eigenvalue weighted by Gasteiger charge is -2.14. The zero-order valence-electron chi connectivity index (χ0n) is 13.3. The average molecular weight is 316 g/mol. The molecule has 0 bridgehead atoms. The molecule has 22 heavy (non-hydrogen) atoms. The molecule has 0 fully saturated rings. The Labute approximate surface area is 137 Å². The van der Waals surface area contributed by atoms with E-state index in [9.17, 15) is 4.79 Å². The van der Waals surface area contributed by atoms with Crippen LogP contribution in [0.15, 0.2) is 48.5 Å². The molecule has 2 nitrogen and oxygen atoms in total. The fourth-order valence-electron chi connectivity index (χ4n) is 2.38. The predicted molar refractivity (Wildman–Crippen MR) is 93.5 cm³/mol. The van der Waals surface area contributed by atoms with Gasteiger partial charge in [-0.05, 0) is 48.6 Å². The van der Waals surface area contributed by atoms with Crippen LogP contribution in [0.2, 0.25) is 5.02 Å². The first-order valence-electron chi connectivity index (χ1n) is 7.61. The monoisotopic (exact) mass is 315 g/mol. The summed E-state index contributed by atoms with van der Waals surface area (Å²) >= 11 is 5.93. The molecule has 2 aromatic rings. The number of benzene rings is 2. The molecular weight excluding hydrogens is 294 g/mol. The SMILES string of the molecule is CC(C)Cc1ccc(C(C)C(=O)Nc2cccc(Cl)c2)cc1. The number of amides is 1. The van der Waals surface area contributed by atoms with Gasteiger partial charge in [-0.3, -0.25) is 4.79 Å². The summed E-state index contributed by atoms with van der Waals surface area (Å²) in [5.74, 6) is 0.403. The highest BCUT2D eigenvalue weighted by Crippen LogP contribution is 2.21. The van der Waals surface area contributed by atoms with Crippen molar-refractivity contribution in [2.75, 3.05) is 5.32 Å². The van der Waals surface area contributed by atoms with Gasteiger partial charge in [-0.1, -0.05) is 55.8 Å². The number of rotatable bonds is 5. The van der Waals surface area contributed by atoms with Crippen LogP contribution in [0.5, 0.6) is 0 Å². The van der Waals surface area contributed by atoms with E-state index in [2.05, 4.69) is 31.3 Å². The van der Waals surface area contributed by atoms with Crippen molar-refractivity contribution >= 4 is 23.2 Å². The van der Waals surface area contributed by atoms with Gasteiger partial charge in [0.15, 0.2) is 0 Å². The number of nitrogens with one attached hydrogen (secondary N) is 1. The molecule has 116 valence electrons. The molecule has 0 saturated carbocycles. The van der Waals surface area contributed by atoms with E-state index in [1.165, 1.54) is 5.56 Å². The van der Waals surface area contributed by atoms with Gasteiger partial charge in [-0.15, -0.1) is 0 Å². The van der Waals surface area contributed by atoms with Crippen molar-refractivity contribution < 1.29 is 4.79 Å². The normalized spacial score (nSPS) is 12.2. The maximum atomic E-state index is 12.3. The van der Waals surface area contributed by atoms with E-state index in [0.29, 0.717) is 10.9 Å². The van der Waals surface area contributed by atoms with E-state index in [0.717, 1.165) is 17.7 Å². The number of hydrogen-bond acceptors (Lipinski definition) is 1. The van der Waals surface area contributed by atoms with E-state index >= 15 is 0 Å². The van der Waals surface area contributed by atoms with Gasteiger partial charge >= 0.3 is 0 Å². The third kappa shape index (κ3) is 4.60. The number of anilines is 1. The number of carbonyl (C=O) groups is 1. The molecule has 0 spiro atoms. The van der Waals surface area contributed by atoms with E-state index < -0.39 is 0 Å². The first-order chi connectivity index (χ1) is 10.5. The van der Waals surface area contributed by atoms with Crippen LogP contribution in [0, 0.1) is 5.92 Å². The number of halogens is 1. The molecular formula is C19H22ClNO. The van der Waals surface area contributed by atoms with Crippen molar-refractivity contribution in [3.63, 3.8) is 0 Å². The summed E-state index contributed by atoms with van der Waals surface area (Å²) < 4.78 is 0. The molecule has 3 heteroatoms. The van der Waals surface area contributed by atoms with Crippen molar-refractivity contribution in [1.29, 1.82) is 0 Å². The minimum absolute atomic E-state index is 0.0288. The fraction of sp³-hybridized carbons (Fsp3) is 0.316. The molecule has 2 rings (SSSR count). The minimum atomic E-state index is -0.202. The fourth-order valence-corrected chi connectivity index (χ4v) is 2.57. The Morgan fingerprint density at radius 2 is 1.77 bits per heavy atom. The molecule has 0 radical (unpaired) electrons. The van der Waals surface area contributed by atoms with Gasteiger partial charge in [-0.25, -0.2) is 0 Å². The lowest BCUT2D eigenvalue weighted by molar-refractivity contribution is -0.117. The zero-order chi connectivity index (χ0) is 16.1. The first kappa shape index (κ1) is 16.6. The number of hydrogen-bond donors (Lipinski definition) is 1. The minimum Gasteiger partial charge on any atom is -0.326 e. The lowest BCUT2D eigenvalue weighted by atomic mass is 9.96. The van der Waals surface area contributed by atoms with Gasteiger partial charge in [0, 0.05) is 10.7 Å². The molecule has 0 saturated heterocycles. The Morgan fingerprint density at radius 3 is 2.36 bits per heavy atom. The molecule has 1 atom stereocenters. The van der Waals surface area contributed by atoms with Gasteiger partial charge in [0.2, 0.25) is 5.91 Å². The van der Waals surface area contributed by atoms with Crippen LogP contribution >= 0.6 is 11.6 Å². The average Bonchev–Trinajstić information content (AvgIpc) is 2.46. The Balaban J connectivity index is 2.03. The number of carbonyl (C=O) groups excluding carboxylic acids is 1. The first-order valence-corrected chi connectivity index (χ1v) is 7.99. The molecule has 1 amide bonds. The van der Waals surface area contributed by atoms with Gasteiger partial charge in [0.25, 0.3) is 0 Å². The van der Waals surface area contributed by atoms with Crippen LogP contribution in [0.3, 0.4) is 0 Å². The highest BCUT2D eigenvalue weighted by atomic mass is 35.5. The smallest absolute Gasteiger partial charge is 0.231 e. The van der Waals surface area contributed by atoms with E-state index in [-0.39, 0.29) is 11.8 Å². The summed E-state index contributed by atoms with van der Waals surface area (Å²) in [5, 5.41) is 3.52. The Kier molecular flexibility index (Phi) is 5.62. The van der Waals surface area contributed by atoms with Crippen LogP contribution in [0.1, 0.15) is 37.8 Å². The molecule has 1 unspecified atom stereocenters. The zero-order valence-corrected chi connectivity index (χ0v) is 14.0. The summed E-state index contributed by atoms with van der Waals surface area (Å²) in [6.07, 6.45) is 1.06. The second-order valence-electron chi connectivity index (χ2n) is 6.06. The van der Waals surface area contributed by atoms with Crippen molar-refractivity contribution in [3.8, 4) is 0 Å². The summed E-state index contributed by atoms with van der Waals surface area (Å²) in [7, 11) is 0. The summed E-state index contributed by atoms with van der Waals surface area (Å²) in [6, 6.07) is 15.5. The van der Waals surface area contributed by atoms with Gasteiger partial charge in [0.1, 0.15) is 0 Å². The lowest BCUT2D eigenvalue weighted by Crippen LogP contribution is -2.18. The molecule has 1 N–H and O–H groups in total.